The summed E-state index contributed by atoms with van der Waals surface area (Å²) >= 11 is 0. The molecule has 0 fully saturated rings. The molecule has 14 heavy (non-hydrogen) atoms. The van der Waals surface area contributed by atoms with Gasteiger partial charge in [-0.15, -0.1) is 5.10 Å². The maximum absolute atomic E-state index is 4.11. The van der Waals surface area contributed by atoms with Crippen LogP contribution in [0.4, 0.5) is 5.82 Å². The van der Waals surface area contributed by atoms with Crippen molar-refractivity contribution in [2.45, 2.75) is 32.7 Å². The van der Waals surface area contributed by atoms with E-state index in [0.29, 0.717) is 6.04 Å². The van der Waals surface area contributed by atoms with Gasteiger partial charge in [0.05, 0.1) is 5.69 Å². The maximum atomic E-state index is 4.11. The summed E-state index contributed by atoms with van der Waals surface area (Å²) in [5, 5.41) is 11.6. The van der Waals surface area contributed by atoms with Gasteiger partial charge in [-0.3, -0.25) is 0 Å². The first-order valence-electron chi connectivity index (χ1n) is 4.98. The summed E-state index contributed by atoms with van der Waals surface area (Å²) in [5.74, 6) is 0.891. The normalized spacial score (nSPS) is 16.1. The third kappa shape index (κ3) is 1.92. The first-order valence-corrected chi connectivity index (χ1v) is 4.98. The van der Waals surface area contributed by atoms with Crippen LogP contribution in [0.1, 0.15) is 24.1 Å². The van der Waals surface area contributed by atoms with Crippen LogP contribution in [0.5, 0.6) is 0 Å². The Morgan fingerprint density at radius 2 is 1.93 bits per heavy atom. The number of hydrogen-bond acceptors (Lipinski definition) is 3. The van der Waals surface area contributed by atoms with Gasteiger partial charge in [0.25, 0.3) is 0 Å². The SMILES string of the molecule is Cc1cc(NC2CC=CC2)nnc1C. The Bertz CT molecular complexity index is 350. The number of rotatable bonds is 2. The maximum Gasteiger partial charge on any atom is 0.149 e. The molecule has 0 saturated carbocycles. The molecule has 3 nitrogen and oxygen atoms in total. The van der Waals surface area contributed by atoms with Crippen molar-refractivity contribution in [3.63, 3.8) is 0 Å². The van der Waals surface area contributed by atoms with Gasteiger partial charge in [-0.1, -0.05) is 12.2 Å². The molecule has 0 spiro atoms. The minimum atomic E-state index is 0.506. The van der Waals surface area contributed by atoms with E-state index < -0.39 is 0 Å². The molecule has 1 aliphatic carbocycles. The summed E-state index contributed by atoms with van der Waals surface area (Å²) in [6.07, 6.45) is 6.58. The summed E-state index contributed by atoms with van der Waals surface area (Å²) in [4.78, 5) is 0. The van der Waals surface area contributed by atoms with Crippen molar-refractivity contribution < 1.29 is 0 Å². The Morgan fingerprint density at radius 1 is 1.21 bits per heavy atom. The van der Waals surface area contributed by atoms with E-state index in [-0.39, 0.29) is 0 Å². The minimum Gasteiger partial charge on any atom is -0.365 e. The van der Waals surface area contributed by atoms with E-state index in [9.17, 15) is 0 Å². The summed E-state index contributed by atoms with van der Waals surface area (Å²) in [6.45, 7) is 4.03. The zero-order valence-corrected chi connectivity index (χ0v) is 8.62. The van der Waals surface area contributed by atoms with E-state index in [4.69, 9.17) is 0 Å². The van der Waals surface area contributed by atoms with Gasteiger partial charge in [0.1, 0.15) is 5.82 Å². The third-order valence-corrected chi connectivity index (χ3v) is 2.59. The van der Waals surface area contributed by atoms with E-state index in [1.807, 2.05) is 6.92 Å². The number of anilines is 1. The first kappa shape index (κ1) is 9.19. The topological polar surface area (TPSA) is 37.8 Å². The van der Waals surface area contributed by atoms with Crippen LogP contribution in [0.3, 0.4) is 0 Å². The molecular weight excluding hydrogens is 174 g/mol. The molecule has 2 rings (SSSR count). The third-order valence-electron chi connectivity index (χ3n) is 2.59. The lowest BCUT2D eigenvalue weighted by molar-refractivity contribution is 0.772. The highest BCUT2D eigenvalue weighted by molar-refractivity contribution is 5.39. The Hall–Kier alpha value is -1.38. The van der Waals surface area contributed by atoms with Gasteiger partial charge in [-0.25, -0.2) is 0 Å². The predicted octanol–water partition coefficient (Wildman–Crippen LogP) is 2.22. The molecule has 0 radical (unpaired) electrons. The molecule has 1 aromatic heterocycles. The quantitative estimate of drug-likeness (QED) is 0.725. The lowest BCUT2D eigenvalue weighted by atomic mass is 10.2. The van der Waals surface area contributed by atoms with E-state index >= 15 is 0 Å². The zero-order chi connectivity index (χ0) is 9.97. The largest absolute Gasteiger partial charge is 0.365 e. The summed E-state index contributed by atoms with van der Waals surface area (Å²) in [6, 6.07) is 2.56. The number of hydrogen-bond donors (Lipinski definition) is 1. The van der Waals surface area contributed by atoms with Crippen molar-refractivity contribution in [1.82, 2.24) is 10.2 Å². The van der Waals surface area contributed by atoms with E-state index in [1.54, 1.807) is 0 Å². The van der Waals surface area contributed by atoms with Crippen LogP contribution >= 0.6 is 0 Å². The Balaban J connectivity index is 2.06. The summed E-state index contributed by atoms with van der Waals surface area (Å²) < 4.78 is 0. The van der Waals surface area contributed by atoms with Gasteiger partial charge < -0.3 is 5.32 Å². The molecule has 3 heteroatoms. The Morgan fingerprint density at radius 3 is 2.57 bits per heavy atom. The monoisotopic (exact) mass is 189 g/mol. The van der Waals surface area contributed by atoms with Crippen LogP contribution in [0, 0.1) is 13.8 Å². The van der Waals surface area contributed by atoms with E-state index in [2.05, 4.69) is 40.7 Å². The molecule has 1 aromatic rings. The number of aryl methyl sites for hydroxylation is 2. The van der Waals surface area contributed by atoms with E-state index in [0.717, 1.165) is 24.4 Å². The number of aromatic nitrogens is 2. The average molecular weight is 189 g/mol. The lowest BCUT2D eigenvalue weighted by Crippen LogP contribution is -2.16. The molecule has 1 N–H and O–H groups in total. The summed E-state index contributed by atoms with van der Waals surface area (Å²) in [7, 11) is 0. The molecule has 0 aromatic carbocycles. The standard InChI is InChI=1S/C11H15N3/c1-8-7-11(14-13-9(8)2)12-10-5-3-4-6-10/h3-4,7,10H,5-6H2,1-2H3,(H,12,14). The van der Waals surface area contributed by atoms with Gasteiger partial charge in [-0.2, -0.15) is 5.10 Å². The van der Waals surface area contributed by atoms with Crippen LogP contribution in [-0.2, 0) is 0 Å². The van der Waals surface area contributed by atoms with Gasteiger partial charge in [0.15, 0.2) is 0 Å². The van der Waals surface area contributed by atoms with Crippen molar-refractivity contribution in [2.24, 2.45) is 0 Å². The first-order chi connectivity index (χ1) is 6.75. The van der Waals surface area contributed by atoms with Crippen LogP contribution in [0.25, 0.3) is 0 Å². The minimum absolute atomic E-state index is 0.506. The molecule has 0 amide bonds. The fraction of sp³-hybridized carbons (Fsp3) is 0.455. The van der Waals surface area contributed by atoms with Crippen LogP contribution in [0.15, 0.2) is 18.2 Å². The second kappa shape index (κ2) is 3.78. The van der Waals surface area contributed by atoms with Crippen molar-refractivity contribution in [1.29, 1.82) is 0 Å². The zero-order valence-electron chi connectivity index (χ0n) is 8.62. The van der Waals surface area contributed by atoms with Gasteiger partial charge in [0, 0.05) is 6.04 Å². The second-order valence-corrected chi connectivity index (χ2v) is 3.78. The Kier molecular flexibility index (Phi) is 2.48. The molecular formula is C11H15N3. The molecule has 0 bridgehead atoms. The summed E-state index contributed by atoms with van der Waals surface area (Å²) in [5.41, 5.74) is 2.19. The fourth-order valence-electron chi connectivity index (χ4n) is 1.56. The van der Waals surface area contributed by atoms with Gasteiger partial charge in [0.2, 0.25) is 0 Å². The molecule has 0 aliphatic heterocycles. The van der Waals surface area contributed by atoms with Crippen LogP contribution < -0.4 is 5.32 Å². The van der Waals surface area contributed by atoms with Crippen LogP contribution in [-0.4, -0.2) is 16.2 Å². The van der Waals surface area contributed by atoms with Crippen molar-refractivity contribution in [3.05, 3.63) is 29.5 Å². The number of nitrogens with one attached hydrogen (secondary N) is 1. The predicted molar refractivity (Wildman–Crippen MR) is 57.3 cm³/mol. The molecule has 1 heterocycles. The highest BCUT2D eigenvalue weighted by Gasteiger charge is 2.10. The average Bonchev–Trinajstić information content (AvgIpc) is 2.64. The van der Waals surface area contributed by atoms with Crippen molar-refractivity contribution in [3.8, 4) is 0 Å². The number of nitrogens with zero attached hydrogens (tertiary/aromatic N) is 2. The molecule has 74 valence electrons. The van der Waals surface area contributed by atoms with E-state index in [1.165, 1.54) is 5.56 Å². The van der Waals surface area contributed by atoms with Crippen LogP contribution in [0.2, 0.25) is 0 Å². The Labute approximate surface area is 84.2 Å². The van der Waals surface area contributed by atoms with Gasteiger partial charge in [-0.05, 0) is 38.3 Å². The second-order valence-electron chi connectivity index (χ2n) is 3.78. The smallest absolute Gasteiger partial charge is 0.149 e. The fourth-order valence-corrected chi connectivity index (χ4v) is 1.56. The van der Waals surface area contributed by atoms with Crippen molar-refractivity contribution in [2.75, 3.05) is 5.32 Å². The molecule has 0 unspecified atom stereocenters. The lowest BCUT2D eigenvalue weighted by Gasteiger charge is -2.12. The molecule has 1 aliphatic rings. The molecule has 0 atom stereocenters. The highest BCUT2D eigenvalue weighted by atomic mass is 15.2. The van der Waals surface area contributed by atoms with Crippen molar-refractivity contribution >= 4 is 5.82 Å². The highest BCUT2D eigenvalue weighted by Crippen LogP contribution is 2.16. The van der Waals surface area contributed by atoms with Gasteiger partial charge >= 0.3 is 0 Å². The molecule has 0 saturated heterocycles.